The Bertz CT molecular complexity index is 411. The lowest BCUT2D eigenvalue weighted by Crippen LogP contribution is -2.47. The van der Waals surface area contributed by atoms with E-state index < -0.39 is 0 Å². The van der Waals surface area contributed by atoms with Crippen molar-refractivity contribution in [1.82, 2.24) is 9.97 Å². The summed E-state index contributed by atoms with van der Waals surface area (Å²) in [4.78, 5) is 17.9. The number of aromatic amines is 1. The summed E-state index contributed by atoms with van der Waals surface area (Å²) in [5.74, 6) is 1.10. The zero-order valence-electron chi connectivity index (χ0n) is 8.02. The SMILES string of the molecule is O=c1[nH]cnc(NC2(CCl)CCC2)c1Br. The molecule has 0 unspecified atom stereocenters. The van der Waals surface area contributed by atoms with Crippen LogP contribution in [0.2, 0.25) is 0 Å². The number of hydrogen-bond donors (Lipinski definition) is 2. The van der Waals surface area contributed by atoms with E-state index in [2.05, 4.69) is 31.2 Å². The number of alkyl halides is 1. The summed E-state index contributed by atoms with van der Waals surface area (Å²) in [6.45, 7) is 0. The second-order valence-electron chi connectivity index (χ2n) is 3.79. The maximum Gasteiger partial charge on any atom is 0.267 e. The molecule has 4 nitrogen and oxygen atoms in total. The van der Waals surface area contributed by atoms with E-state index in [1.165, 1.54) is 12.7 Å². The zero-order chi connectivity index (χ0) is 10.9. The molecule has 0 amide bonds. The zero-order valence-corrected chi connectivity index (χ0v) is 10.4. The van der Waals surface area contributed by atoms with Crippen molar-refractivity contribution in [2.24, 2.45) is 0 Å². The summed E-state index contributed by atoms with van der Waals surface area (Å²) in [6.07, 6.45) is 4.60. The van der Waals surface area contributed by atoms with Gasteiger partial charge in [-0.3, -0.25) is 4.79 Å². The molecule has 1 aromatic rings. The third kappa shape index (κ3) is 2.03. The Morgan fingerprint density at radius 2 is 2.40 bits per heavy atom. The number of anilines is 1. The molecule has 2 rings (SSSR count). The molecular formula is C9H11BrClN3O. The van der Waals surface area contributed by atoms with Crippen molar-refractivity contribution in [3.05, 3.63) is 21.2 Å². The third-order valence-electron chi connectivity index (χ3n) is 2.75. The van der Waals surface area contributed by atoms with Gasteiger partial charge in [-0.15, -0.1) is 11.6 Å². The molecule has 1 aromatic heterocycles. The molecule has 0 bridgehead atoms. The quantitative estimate of drug-likeness (QED) is 0.839. The number of halogens is 2. The minimum Gasteiger partial charge on any atom is -0.362 e. The fourth-order valence-electron chi connectivity index (χ4n) is 1.62. The van der Waals surface area contributed by atoms with E-state index in [9.17, 15) is 4.79 Å². The van der Waals surface area contributed by atoms with E-state index in [1.807, 2.05) is 0 Å². The summed E-state index contributed by atoms with van der Waals surface area (Å²) >= 11 is 9.11. The van der Waals surface area contributed by atoms with Gasteiger partial charge in [0.05, 0.1) is 11.9 Å². The molecule has 1 fully saturated rings. The average Bonchev–Trinajstić information content (AvgIpc) is 2.18. The largest absolute Gasteiger partial charge is 0.362 e. The lowest BCUT2D eigenvalue weighted by molar-refractivity contribution is 0.310. The molecule has 1 heterocycles. The van der Waals surface area contributed by atoms with Crippen LogP contribution < -0.4 is 10.9 Å². The number of nitrogens with zero attached hydrogens (tertiary/aromatic N) is 1. The first-order valence-electron chi connectivity index (χ1n) is 4.74. The molecule has 6 heteroatoms. The maximum absolute atomic E-state index is 11.3. The summed E-state index contributed by atoms with van der Waals surface area (Å²) < 4.78 is 0.432. The van der Waals surface area contributed by atoms with Crippen molar-refractivity contribution < 1.29 is 0 Å². The molecule has 0 radical (unpaired) electrons. The third-order valence-corrected chi connectivity index (χ3v) is 3.99. The van der Waals surface area contributed by atoms with E-state index in [4.69, 9.17) is 11.6 Å². The fraction of sp³-hybridized carbons (Fsp3) is 0.556. The minimum absolute atomic E-state index is 0.0785. The summed E-state index contributed by atoms with van der Waals surface area (Å²) in [5.41, 5.74) is -0.262. The maximum atomic E-state index is 11.3. The predicted molar refractivity (Wildman–Crippen MR) is 63.5 cm³/mol. The van der Waals surface area contributed by atoms with Crippen LogP contribution in [0.15, 0.2) is 15.6 Å². The van der Waals surface area contributed by atoms with Crippen molar-refractivity contribution in [2.45, 2.75) is 24.8 Å². The lowest BCUT2D eigenvalue weighted by atomic mass is 9.78. The van der Waals surface area contributed by atoms with Crippen LogP contribution in [0.25, 0.3) is 0 Å². The Kier molecular flexibility index (Phi) is 3.02. The number of H-pyrrole nitrogens is 1. The highest BCUT2D eigenvalue weighted by Gasteiger charge is 2.36. The van der Waals surface area contributed by atoms with Gasteiger partial charge < -0.3 is 10.3 Å². The van der Waals surface area contributed by atoms with Crippen LogP contribution in [-0.2, 0) is 0 Å². The summed E-state index contributed by atoms with van der Waals surface area (Å²) in [5, 5.41) is 3.24. The van der Waals surface area contributed by atoms with Gasteiger partial charge in [-0.2, -0.15) is 0 Å². The molecule has 0 aromatic carbocycles. The number of hydrogen-bond acceptors (Lipinski definition) is 3. The Labute approximate surface area is 101 Å². The number of nitrogens with one attached hydrogen (secondary N) is 2. The number of rotatable bonds is 3. The van der Waals surface area contributed by atoms with Crippen LogP contribution >= 0.6 is 27.5 Å². The fourth-order valence-corrected chi connectivity index (χ4v) is 2.27. The highest BCUT2D eigenvalue weighted by molar-refractivity contribution is 9.10. The molecule has 0 spiro atoms. The lowest BCUT2D eigenvalue weighted by Gasteiger charge is -2.41. The Morgan fingerprint density at radius 1 is 1.67 bits per heavy atom. The molecule has 1 aliphatic rings. The van der Waals surface area contributed by atoms with Crippen LogP contribution in [0.1, 0.15) is 19.3 Å². The molecule has 15 heavy (non-hydrogen) atoms. The second kappa shape index (κ2) is 4.14. The van der Waals surface area contributed by atoms with E-state index >= 15 is 0 Å². The number of aromatic nitrogens is 2. The topological polar surface area (TPSA) is 57.8 Å². The normalized spacial score (nSPS) is 18.3. The van der Waals surface area contributed by atoms with Gasteiger partial charge in [0.1, 0.15) is 10.3 Å². The van der Waals surface area contributed by atoms with Gasteiger partial charge >= 0.3 is 0 Å². The molecule has 0 aliphatic heterocycles. The van der Waals surface area contributed by atoms with Gasteiger partial charge in [0.25, 0.3) is 5.56 Å². The van der Waals surface area contributed by atoms with Crippen molar-refractivity contribution in [3.8, 4) is 0 Å². The predicted octanol–water partition coefficient (Wildman–Crippen LogP) is 2.11. The standard InChI is InChI=1S/C9H11BrClN3O/c10-6-7(12-5-13-8(6)15)14-9(4-11)2-1-3-9/h5H,1-4H2,(H2,12,13,14,15). The van der Waals surface area contributed by atoms with Crippen LogP contribution in [0.5, 0.6) is 0 Å². The van der Waals surface area contributed by atoms with Crippen LogP contribution in [0.3, 0.4) is 0 Å². The average molecular weight is 293 g/mol. The molecule has 0 atom stereocenters. The van der Waals surface area contributed by atoms with E-state index in [0.717, 1.165) is 12.8 Å². The van der Waals surface area contributed by atoms with Gasteiger partial charge in [0.15, 0.2) is 0 Å². The first-order valence-corrected chi connectivity index (χ1v) is 6.07. The van der Waals surface area contributed by atoms with Gasteiger partial charge in [-0.05, 0) is 35.2 Å². The summed E-state index contributed by atoms with van der Waals surface area (Å²) in [6, 6.07) is 0. The Balaban J connectivity index is 2.24. The van der Waals surface area contributed by atoms with Crippen LogP contribution in [-0.4, -0.2) is 21.4 Å². The summed E-state index contributed by atoms with van der Waals surface area (Å²) in [7, 11) is 0. The second-order valence-corrected chi connectivity index (χ2v) is 4.85. The van der Waals surface area contributed by atoms with Gasteiger partial charge in [-0.25, -0.2) is 4.98 Å². The molecule has 2 N–H and O–H groups in total. The molecule has 82 valence electrons. The highest BCUT2D eigenvalue weighted by atomic mass is 79.9. The van der Waals surface area contributed by atoms with Crippen LogP contribution in [0, 0.1) is 0 Å². The smallest absolute Gasteiger partial charge is 0.267 e. The molecular weight excluding hydrogens is 281 g/mol. The first kappa shape index (κ1) is 11.0. The van der Waals surface area contributed by atoms with E-state index in [-0.39, 0.29) is 11.1 Å². The Morgan fingerprint density at radius 3 is 2.93 bits per heavy atom. The highest BCUT2D eigenvalue weighted by Crippen LogP contribution is 2.36. The van der Waals surface area contributed by atoms with Crippen molar-refractivity contribution in [1.29, 1.82) is 0 Å². The van der Waals surface area contributed by atoms with Crippen molar-refractivity contribution in [3.63, 3.8) is 0 Å². The van der Waals surface area contributed by atoms with E-state index in [0.29, 0.717) is 16.2 Å². The van der Waals surface area contributed by atoms with Gasteiger partial charge in [0.2, 0.25) is 0 Å². The molecule has 1 aliphatic carbocycles. The van der Waals surface area contributed by atoms with Crippen molar-refractivity contribution >= 4 is 33.3 Å². The van der Waals surface area contributed by atoms with Gasteiger partial charge in [0, 0.05) is 5.88 Å². The monoisotopic (exact) mass is 291 g/mol. The van der Waals surface area contributed by atoms with Crippen molar-refractivity contribution in [2.75, 3.05) is 11.2 Å². The first-order chi connectivity index (χ1) is 7.17. The minimum atomic E-state index is -0.184. The molecule has 1 saturated carbocycles. The molecule has 0 saturated heterocycles. The van der Waals surface area contributed by atoms with Gasteiger partial charge in [-0.1, -0.05) is 0 Å². The van der Waals surface area contributed by atoms with E-state index in [1.54, 1.807) is 0 Å². The van der Waals surface area contributed by atoms with Crippen LogP contribution in [0.4, 0.5) is 5.82 Å². The Hall–Kier alpha value is -0.550.